The molecule has 0 atom stereocenters. The highest BCUT2D eigenvalue weighted by atomic mass is 35.5. The molecule has 1 amide bonds. The van der Waals surface area contributed by atoms with Gasteiger partial charge in [-0.15, -0.1) is 22.3 Å². The van der Waals surface area contributed by atoms with Gasteiger partial charge in [-0.05, 0) is 49.9 Å². The van der Waals surface area contributed by atoms with Crippen LogP contribution in [0.15, 0.2) is 78.3 Å². The average molecular weight is 525 g/mol. The summed E-state index contributed by atoms with van der Waals surface area (Å²) in [6, 6.07) is 5.73. The van der Waals surface area contributed by atoms with E-state index in [-0.39, 0.29) is 22.5 Å². The first-order chi connectivity index (χ1) is 15.2. The molecule has 2 aliphatic heterocycles. The van der Waals surface area contributed by atoms with E-state index in [1.165, 1.54) is 58.3 Å². The van der Waals surface area contributed by atoms with Crippen LogP contribution >= 0.6 is 46.5 Å². The van der Waals surface area contributed by atoms with E-state index in [0.29, 0.717) is 15.0 Å². The Balaban J connectivity index is 1.79. The summed E-state index contributed by atoms with van der Waals surface area (Å²) in [4.78, 5) is 22.4. The number of carbonyl (C=O) groups excluding carboxylic acids is 1. The van der Waals surface area contributed by atoms with E-state index in [0.717, 1.165) is 27.5 Å². The number of benzene rings is 1. The summed E-state index contributed by atoms with van der Waals surface area (Å²) in [7, 11) is -4.04. The van der Waals surface area contributed by atoms with Gasteiger partial charge in [0, 0.05) is 33.7 Å². The third-order valence-electron chi connectivity index (χ3n) is 4.59. The van der Waals surface area contributed by atoms with Gasteiger partial charge in [0.2, 0.25) is 0 Å². The fourth-order valence-electron chi connectivity index (χ4n) is 2.93. The lowest BCUT2D eigenvalue weighted by Gasteiger charge is -2.19. The molecule has 1 fully saturated rings. The number of allylic oxidation sites excluding steroid dienone is 2. The van der Waals surface area contributed by atoms with Crippen molar-refractivity contribution in [3.8, 4) is 0 Å². The Hall–Kier alpha value is -2.05. The zero-order chi connectivity index (χ0) is 23.0. The molecule has 0 aliphatic carbocycles. The van der Waals surface area contributed by atoms with Crippen molar-refractivity contribution in [1.82, 2.24) is 9.88 Å². The van der Waals surface area contributed by atoms with Crippen molar-refractivity contribution < 1.29 is 13.2 Å². The van der Waals surface area contributed by atoms with Crippen molar-refractivity contribution in [2.45, 2.75) is 18.7 Å². The number of sulfonamides is 1. The number of halogens is 1. The summed E-state index contributed by atoms with van der Waals surface area (Å²) in [5, 5.41) is 3.78. The monoisotopic (exact) mass is 524 g/mol. The Labute approximate surface area is 203 Å². The maximum Gasteiger partial charge on any atom is 0.284 e. The van der Waals surface area contributed by atoms with Gasteiger partial charge < -0.3 is 0 Å². The molecule has 0 spiro atoms. The number of carbonyl (C=O) groups is 1. The molecular weight excluding hydrogens is 508 g/mol. The second-order valence-corrected chi connectivity index (χ2v) is 11.7. The maximum atomic E-state index is 13.3. The lowest BCUT2D eigenvalue weighted by Crippen LogP contribution is -2.30. The summed E-state index contributed by atoms with van der Waals surface area (Å²) < 4.78 is 29.7. The third kappa shape index (κ3) is 4.27. The van der Waals surface area contributed by atoms with Crippen molar-refractivity contribution in [1.29, 1.82) is 0 Å². The van der Waals surface area contributed by atoms with E-state index in [2.05, 4.69) is 16.0 Å². The van der Waals surface area contributed by atoms with Gasteiger partial charge in [-0.1, -0.05) is 29.4 Å². The highest BCUT2D eigenvalue weighted by Crippen LogP contribution is 2.49. The zero-order valence-electron chi connectivity index (χ0n) is 17.0. The third-order valence-corrected chi connectivity index (χ3v) is 9.37. The minimum atomic E-state index is -4.04. The average Bonchev–Trinajstić information content (AvgIpc) is 3.44. The van der Waals surface area contributed by atoms with Gasteiger partial charge in [-0.3, -0.25) is 14.6 Å². The second kappa shape index (κ2) is 9.06. The van der Waals surface area contributed by atoms with Crippen molar-refractivity contribution in [2.24, 2.45) is 4.40 Å². The highest BCUT2D eigenvalue weighted by molar-refractivity contribution is 8.20. The number of aromatic nitrogens is 1. The fourth-order valence-corrected chi connectivity index (χ4v) is 7.25. The van der Waals surface area contributed by atoms with E-state index in [1.807, 2.05) is 24.1 Å². The lowest BCUT2D eigenvalue weighted by atomic mass is 10.4. The maximum absolute atomic E-state index is 13.3. The van der Waals surface area contributed by atoms with E-state index in [9.17, 15) is 13.2 Å². The normalized spacial score (nSPS) is 20.7. The SMILES string of the molecule is C=CCN1C(=O)/C(=C2\SC(C)=C(C)N2c2nccs2)S/C1=N/S(=O)(=O)c1ccc(Cl)cc1. The summed E-state index contributed by atoms with van der Waals surface area (Å²) in [5.41, 5.74) is 0.968. The number of rotatable bonds is 5. The molecule has 1 aromatic heterocycles. The second-order valence-electron chi connectivity index (χ2n) is 6.64. The van der Waals surface area contributed by atoms with E-state index >= 15 is 0 Å². The Morgan fingerprint density at radius 1 is 1.22 bits per heavy atom. The molecule has 0 bridgehead atoms. The standard InChI is InChI=1S/C20H17ClN4O3S4/c1-4-10-24-17(26)16(18-25(12(2)13(3)30-18)19-22-9-11-29-19)31-20(24)23-32(27,28)15-7-5-14(21)6-8-15/h4-9,11H,1,10H2,2-3H3/b18-16+,23-20+. The van der Waals surface area contributed by atoms with Gasteiger partial charge in [0.05, 0.1) is 4.90 Å². The molecule has 0 unspecified atom stereocenters. The quantitative estimate of drug-likeness (QED) is 0.389. The van der Waals surface area contributed by atoms with Crippen molar-refractivity contribution in [2.75, 3.05) is 11.4 Å². The van der Waals surface area contributed by atoms with Gasteiger partial charge >= 0.3 is 0 Å². The number of amidine groups is 1. The molecule has 2 aromatic rings. The van der Waals surface area contributed by atoms with Gasteiger partial charge in [0.15, 0.2) is 10.3 Å². The molecule has 3 heterocycles. The van der Waals surface area contributed by atoms with Crippen LogP contribution in [0.5, 0.6) is 0 Å². The first-order valence-electron chi connectivity index (χ1n) is 9.23. The summed E-state index contributed by atoms with van der Waals surface area (Å²) in [6.45, 7) is 7.75. The van der Waals surface area contributed by atoms with Gasteiger partial charge in [0.1, 0.15) is 9.93 Å². The minimum absolute atomic E-state index is 0.00452. The first-order valence-corrected chi connectivity index (χ1v) is 13.6. The number of thioether (sulfide) groups is 2. The van der Waals surface area contributed by atoms with Crippen LogP contribution in [0.25, 0.3) is 0 Å². The number of hydrogen-bond acceptors (Lipinski definition) is 8. The minimum Gasteiger partial charge on any atom is -0.282 e. The molecule has 7 nitrogen and oxygen atoms in total. The van der Waals surface area contributed by atoms with Gasteiger partial charge in [-0.25, -0.2) is 4.98 Å². The largest absolute Gasteiger partial charge is 0.284 e. The molecule has 0 saturated carbocycles. The lowest BCUT2D eigenvalue weighted by molar-refractivity contribution is -0.121. The summed E-state index contributed by atoms with van der Waals surface area (Å²) in [6.07, 6.45) is 3.23. The van der Waals surface area contributed by atoms with E-state index in [4.69, 9.17) is 11.6 Å². The van der Waals surface area contributed by atoms with Crippen LogP contribution in [0.1, 0.15) is 13.8 Å². The van der Waals surface area contributed by atoms with Crippen molar-refractivity contribution in [3.63, 3.8) is 0 Å². The van der Waals surface area contributed by atoms with Crippen molar-refractivity contribution >= 4 is 72.7 Å². The smallest absolute Gasteiger partial charge is 0.282 e. The van der Waals surface area contributed by atoms with E-state index in [1.54, 1.807) is 6.20 Å². The van der Waals surface area contributed by atoms with Crippen LogP contribution in [0, 0.1) is 0 Å². The Morgan fingerprint density at radius 2 is 1.94 bits per heavy atom. The van der Waals surface area contributed by atoms with Gasteiger partial charge in [0.25, 0.3) is 15.9 Å². The molecule has 12 heteroatoms. The van der Waals surface area contributed by atoms with Crippen LogP contribution in [0.2, 0.25) is 5.02 Å². The predicted octanol–water partition coefficient (Wildman–Crippen LogP) is 5.28. The van der Waals surface area contributed by atoms with Crippen LogP contribution in [0.4, 0.5) is 5.13 Å². The van der Waals surface area contributed by atoms with Crippen LogP contribution in [0.3, 0.4) is 0 Å². The molecule has 4 rings (SSSR count). The number of anilines is 1. The summed E-state index contributed by atoms with van der Waals surface area (Å²) in [5.74, 6) is -0.327. The Bertz CT molecular complexity index is 1280. The first kappa shape index (κ1) is 23.1. The summed E-state index contributed by atoms with van der Waals surface area (Å²) >= 11 is 9.82. The molecule has 1 aromatic carbocycles. The molecule has 1 saturated heterocycles. The number of thiazole rings is 1. The molecule has 32 heavy (non-hydrogen) atoms. The predicted molar refractivity (Wildman–Crippen MR) is 133 cm³/mol. The molecule has 2 aliphatic rings. The van der Waals surface area contributed by atoms with Crippen LogP contribution in [-0.2, 0) is 14.8 Å². The Kier molecular flexibility index (Phi) is 6.55. The van der Waals surface area contributed by atoms with Crippen LogP contribution in [-0.4, -0.2) is 35.9 Å². The highest BCUT2D eigenvalue weighted by Gasteiger charge is 2.40. The Morgan fingerprint density at radius 3 is 2.56 bits per heavy atom. The molecule has 166 valence electrons. The molecular formula is C20H17ClN4O3S4. The number of amides is 1. The number of nitrogens with zero attached hydrogens (tertiary/aromatic N) is 4. The zero-order valence-corrected chi connectivity index (χ0v) is 21.0. The molecule has 0 N–H and O–H groups in total. The topological polar surface area (TPSA) is 82.9 Å². The fraction of sp³-hybridized carbons (Fsp3) is 0.150. The van der Waals surface area contributed by atoms with Gasteiger partial charge in [-0.2, -0.15) is 8.42 Å². The van der Waals surface area contributed by atoms with Crippen molar-refractivity contribution in [3.05, 3.63) is 74.1 Å². The molecule has 0 radical (unpaired) electrons. The van der Waals surface area contributed by atoms with Crippen LogP contribution < -0.4 is 4.90 Å². The van der Waals surface area contributed by atoms with E-state index < -0.39 is 10.0 Å². The number of hydrogen-bond donors (Lipinski definition) is 0.